The molecule has 0 aliphatic carbocycles. The lowest BCUT2D eigenvalue weighted by Crippen LogP contribution is -2.12. The van der Waals surface area contributed by atoms with E-state index in [4.69, 9.17) is 4.74 Å². The first-order valence-electron chi connectivity index (χ1n) is 13.9. The molecule has 232 valence electrons. The van der Waals surface area contributed by atoms with Gasteiger partial charge in [0.15, 0.2) is 5.65 Å². The molecule has 0 spiro atoms. The molecule has 0 saturated heterocycles. The molecule has 7 rings (SSSR count). The molecule has 3 aromatic carbocycles. The molecular formula is C32H21N7O6S2. The first-order valence-corrected chi connectivity index (χ1v) is 16.2. The minimum atomic E-state index is -3.84. The van der Waals surface area contributed by atoms with Gasteiger partial charge in [0.2, 0.25) is 11.8 Å². The maximum atomic E-state index is 13.2. The van der Waals surface area contributed by atoms with Gasteiger partial charge in [-0.15, -0.1) is 11.3 Å². The SMILES string of the molecule is O=C(Nc1cccc(Nc2nc(Oc3cnc4c(ccn4S(=O)(=O)c4ccccc4)c3)c3sccc3n2)c1)c1ccc([N+](=O)[O-])cc1. The molecule has 0 atom stereocenters. The second-order valence-electron chi connectivity index (χ2n) is 10.1. The highest BCUT2D eigenvalue weighted by molar-refractivity contribution is 7.90. The van der Waals surface area contributed by atoms with Crippen LogP contribution in [0, 0.1) is 10.1 Å². The molecule has 0 saturated carbocycles. The number of amides is 1. The Labute approximate surface area is 270 Å². The van der Waals surface area contributed by atoms with Gasteiger partial charge in [0.05, 0.1) is 21.5 Å². The predicted molar refractivity (Wildman–Crippen MR) is 177 cm³/mol. The van der Waals surface area contributed by atoms with E-state index < -0.39 is 20.9 Å². The van der Waals surface area contributed by atoms with Crippen molar-refractivity contribution in [2.75, 3.05) is 10.6 Å². The van der Waals surface area contributed by atoms with E-state index in [9.17, 15) is 23.3 Å². The van der Waals surface area contributed by atoms with Gasteiger partial charge >= 0.3 is 0 Å². The maximum absolute atomic E-state index is 13.2. The van der Waals surface area contributed by atoms with Crippen molar-refractivity contribution in [2.45, 2.75) is 4.90 Å². The Balaban J connectivity index is 1.12. The molecule has 0 bridgehead atoms. The summed E-state index contributed by atoms with van der Waals surface area (Å²) in [6.07, 6.45) is 2.89. The van der Waals surface area contributed by atoms with Crippen molar-refractivity contribution in [3.63, 3.8) is 0 Å². The first kappa shape index (κ1) is 29.5. The number of anilines is 3. The fourth-order valence-corrected chi connectivity index (χ4v) is 6.84. The molecule has 0 aliphatic heterocycles. The molecule has 4 heterocycles. The minimum absolute atomic E-state index is 0.108. The minimum Gasteiger partial charge on any atom is -0.436 e. The highest BCUT2D eigenvalue weighted by Crippen LogP contribution is 2.34. The number of carbonyl (C=O) groups excluding carboxylic acids is 1. The maximum Gasteiger partial charge on any atom is 0.269 e. The van der Waals surface area contributed by atoms with E-state index in [2.05, 4.69) is 25.6 Å². The lowest BCUT2D eigenvalue weighted by atomic mass is 10.2. The van der Waals surface area contributed by atoms with Crippen LogP contribution in [0.4, 0.5) is 23.0 Å². The van der Waals surface area contributed by atoms with Crippen molar-refractivity contribution < 1.29 is 22.9 Å². The summed E-state index contributed by atoms with van der Waals surface area (Å²) in [5, 5.41) is 19.2. The van der Waals surface area contributed by atoms with E-state index in [0.717, 1.165) is 3.97 Å². The summed E-state index contributed by atoms with van der Waals surface area (Å²) >= 11 is 1.40. The van der Waals surface area contributed by atoms with Crippen molar-refractivity contribution in [2.24, 2.45) is 0 Å². The van der Waals surface area contributed by atoms with Crippen LogP contribution in [0.25, 0.3) is 21.3 Å². The van der Waals surface area contributed by atoms with E-state index >= 15 is 0 Å². The Bertz CT molecular complexity index is 2410. The summed E-state index contributed by atoms with van der Waals surface area (Å²) < 4.78 is 34.4. The van der Waals surface area contributed by atoms with Gasteiger partial charge in [-0.25, -0.2) is 22.4 Å². The van der Waals surface area contributed by atoms with Gasteiger partial charge in [-0.2, -0.15) is 4.98 Å². The molecule has 2 N–H and O–H groups in total. The molecule has 4 aromatic heterocycles. The Morgan fingerprint density at radius 1 is 0.915 bits per heavy atom. The van der Waals surface area contributed by atoms with Gasteiger partial charge in [0.25, 0.3) is 21.6 Å². The first-order chi connectivity index (χ1) is 22.7. The third-order valence-corrected chi connectivity index (χ3v) is 9.54. The van der Waals surface area contributed by atoms with Gasteiger partial charge in [0.1, 0.15) is 10.4 Å². The largest absolute Gasteiger partial charge is 0.436 e. The monoisotopic (exact) mass is 663 g/mol. The summed E-state index contributed by atoms with van der Waals surface area (Å²) in [4.78, 5) is 36.8. The number of hydrogen-bond donors (Lipinski definition) is 2. The number of hydrogen-bond acceptors (Lipinski definition) is 11. The number of fused-ring (bicyclic) bond motifs is 2. The third kappa shape index (κ3) is 5.95. The smallest absolute Gasteiger partial charge is 0.269 e. The molecule has 0 radical (unpaired) electrons. The number of nitrogens with one attached hydrogen (secondary N) is 2. The summed E-state index contributed by atoms with van der Waals surface area (Å²) in [6, 6.07) is 25.5. The number of nitrogens with zero attached hydrogens (tertiary/aromatic N) is 5. The van der Waals surface area contributed by atoms with Gasteiger partial charge in [-0.3, -0.25) is 14.9 Å². The van der Waals surface area contributed by atoms with Crippen LogP contribution in [-0.2, 0) is 10.0 Å². The highest BCUT2D eigenvalue weighted by atomic mass is 32.2. The fraction of sp³-hybridized carbons (Fsp3) is 0. The van der Waals surface area contributed by atoms with Crippen molar-refractivity contribution in [1.82, 2.24) is 18.9 Å². The van der Waals surface area contributed by atoms with Gasteiger partial charge in [-0.05, 0) is 66.0 Å². The summed E-state index contributed by atoms with van der Waals surface area (Å²) in [7, 11) is -3.84. The van der Waals surface area contributed by atoms with Crippen molar-refractivity contribution in [3.05, 3.63) is 131 Å². The van der Waals surface area contributed by atoms with Gasteiger partial charge in [-0.1, -0.05) is 24.3 Å². The van der Waals surface area contributed by atoms with Crippen molar-refractivity contribution in [3.8, 4) is 11.6 Å². The van der Waals surface area contributed by atoms with Crippen LogP contribution in [0.2, 0.25) is 0 Å². The van der Waals surface area contributed by atoms with Crippen molar-refractivity contribution >= 4 is 71.5 Å². The van der Waals surface area contributed by atoms with Crippen LogP contribution in [-0.4, -0.2) is 38.2 Å². The highest BCUT2D eigenvalue weighted by Gasteiger charge is 2.20. The average Bonchev–Trinajstić information content (AvgIpc) is 3.73. The van der Waals surface area contributed by atoms with E-state index in [1.54, 1.807) is 54.6 Å². The van der Waals surface area contributed by atoms with E-state index in [1.165, 1.54) is 60.1 Å². The zero-order valence-electron chi connectivity index (χ0n) is 24.0. The van der Waals surface area contributed by atoms with Crippen LogP contribution < -0.4 is 15.4 Å². The quantitative estimate of drug-likeness (QED) is 0.121. The fourth-order valence-electron chi connectivity index (χ4n) is 4.75. The van der Waals surface area contributed by atoms with Gasteiger partial charge < -0.3 is 15.4 Å². The molecule has 7 aromatic rings. The van der Waals surface area contributed by atoms with Gasteiger partial charge in [0, 0.05) is 40.7 Å². The summed E-state index contributed by atoms with van der Waals surface area (Å²) in [5.41, 5.74) is 2.11. The number of benzene rings is 3. The summed E-state index contributed by atoms with van der Waals surface area (Å²) in [5.74, 6) is 0.427. The standard InChI is InChI=1S/C32H21N7O6S2/c40-30(20-9-11-24(12-10-20)39(41)42)34-22-5-4-6-23(18-22)35-32-36-27-14-16-46-28(27)31(37-32)45-25-17-21-13-15-38(29(21)33-19-25)47(43,44)26-7-2-1-3-8-26/h1-19H,(H,34,40)(H,35,36,37). The number of thiophene rings is 1. The average molecular weight is 664 g/mol. The zero-order valence-corrected chi connectivity index (χ0v) is 25.6. The number of nitro benzene ring substituents is 1. The number of non-ortho nitro benzene ring substituents is 1. The van der Waals surface area contributed by atoms with E-state index in [-0.39, 0.29) is 33.6 Å². The molecule has 15 heteroatoms. The van der Waals surface area contributed by atoms with Crippen LogP contribution in [0.15, 0.2) is 120 Å². The zero-order chi connectivity index (χ0) is 32.5. The molecular weight excluding hydrogens is 643 g/mol. The molecule has 13 nitrogen and oxygen atoms in total. The second kappa shape index (κ2) is 12.0. The Morgan fingerprint density at radius 2 is 1.70 bits per heavy atom. The van der Waals surface area contributed by atoms with E-state index in [0.29, 0.717) is 32.7 Å². The topological polar surface area (TPSA) is 171 Å². The predicted octanol–water partition coefficient (Wildman–Crippen LogP) is 6.97. The van der Waals surface area contributed by atoms with Crippen LogP contribution in [0.5, 0.6) is 11.6 Å². The molecule has 0 fully saturated rings. The molecule has 1 amide bonds. The van der Waals surface area contributed by atoms with E-state index in [1.807, 2.05) is 11.4 Å². The lowest BCUT2D eigenvalue weighted by Gasteiger charge is -2.11. The Kier molecular flexibility index (Phi) is 7.51. The molecule has 47 heavy (non-hydrogen) atoms. The number of aromatic nitrogens is 4. The number of carbonyl (C=O) groups is 1. The summed E-state index contributed by atoms with van der Waals surface area (Å²) in [6.45, 7) is 0. The normalized spacial score (nSPS) is 11.4. The van der Waals surface area contributed by atoms with Crippen molar-refractivity contribution in [1.29, 1.82) is 0 Å². The van der Waals surface area contributed by atoms with Crippen LogP contribution >= 0.6 is 11.3 Å². The number of rotatable bonds is 9. The lowest BCUT2D eigenvalue weighted by molar-refractivity contribution is -0.384. The Morgan fingerprint density at radius 3 is 2.49 bits per heavy atom. The molecule has 0 unspecified atom stereocenters. The van der Waals surface area contributed by atoms with Crippen LogP contribution in [0.3, 0.4) is 0 Å². The third-order valence-electron chi connectivity index (χ3n) is 6.97. The second-order valence-corrected chi connectivity index (χ2v) is 12.8. The number of nitro groups is 1. The number of pyridine rings is 1. The molecule has 0 aliphatic rings. The van der Waals surface area contributed by atoms with Crippen LogP contribution in [0.1, 0.15) is 10.4 Å². The number of ether oxygens (including phenoxy) is 1. The Hall–Kier alpha value is -6.19.